The van der Waals surface area contributed by atoms with E-state index in [9.17, 15) is 9.59 Å². The van der Waals surface area contributed by atoms with Crippen LogP contribution in [-0.2, 0) is 9.59 Å². The van der Waals surface area contributed by atoms with E-state index in [2.05, 4.69) is 24.5 Å². The fourth-order valence-corrected chi connectivity index (χ4v) is 1.15. The Labute approximate surface area is 104 Å². The van der Waals surface area contributed by atoms with Crippen molar-refractivity contribution in [1.29, 1.82) is 0 Å². The maximum atomic E-state index is 11.3. The standard InChI is InChI=1S/C12H25N3O2/c1-10(2)9-14-11(16)5-7-13-8-6-12(17)15(3)4/h10,13H,5-9H2,1-4H3,(H,14,16). The highest BCUT2D eigenvalue weighted by Gasteiger charge is 2.04. The first-order valence-electron chi connectivity index (χ1n) is 6.11. The summed E-state index contributed by atoms with van der Waals surface area (Å²) < 4.78 is 0. The van der Waals surface area contributed by atoms with Crippen LogP contribution in [0, 0.1) is 5.92 Å². The predicted molar refractivity (Wildman–Crippen MR) is 68.6 cm³/mol. The summed E-state index contributed by atoms with van der Waals surface area (Å²) in [4.78, 5) is 24.1. The molecule has 0 saturated heterocycles. The zero-order chi connectivity index (χ0) is 13.3. The van der Waals surface area contributed by atoms with Crippen molar-refractivity contribution in [2.24, 2.45) is 5.92 Å². The van der Waals surface area contributed by atoms with E-state index >= 15 is 0 Å². The third kappa shape index (κ3) is 9.81. The van der Waals surface area contributed by atoms with Crippen molar-refractivity contribution in [2.75, 3.05) is 33.7 Å². The summed E-state index contributed by atoms with van der Waals surface area (Å²) in [5.74, 6) is 0.636. The minimum atomic E-state index is 0.0603. The first-order valence-corrected chi connectivity index (χ1v) is 6.11. The van der Waals surface area contributed by atoms with E-state index in [1.54, 1.807) is 19.0 Å². The Kier molecular flexibility index (Phi) is 8.40. The van der Waals surface area contributed by atoms with Gasteiger partial charge in [-0.05, 0) is 5.92 Å². The molecule has 0 aliphatic rings. The van der Waals surface area contributed by atoms with Crippen molar-refractivity contribution in [1.82, 2.24) is 15.5 Å². The van der Waals surface area contributed by atoms with Gasteiger partial charge < -0.3 is 15.5 Å². The molecule has 100 valence electrons. The zero-order valence-corrected chi connectivity index (χ0v) is 11.4. The molecule has 0 radical (unpaired) electrons. The van der Waals surface area contributed by atoms with Gasteiger partial charge in [0.1, 0.15) is 0 Å². The number of carbonyl (C=O) groups excluding carboxylic acids is 2. The number of nitrogens with zero attached hydrogens (tertiary/aromatic N) is 1. The molecule has 0 atom stereocenters. The molecule has 0 aliphatic heterocycles. The monoisotopic (exact) mass is 243 g/mol. The van der Waals surface area contributed by atoms with E-state index in [0.717, 1.165) is 6.54 Å². The van der Waals surface area contributed by atoms with Gasteiger partial charge in [0.05, 0.1) is 0 Å². The van der Waals surface area contributed by atoms with E-state index in [-0.39, 0.29) is 11.8 Å². The topological polar surface area (TPSA) is 61.4 Å². The van der Waals surface area contributed by atoms with Gasteiger partial charge in [-0.25, -0.2) is 0 Å². The summed E-state index contributed by atoms with van der Waals surface area (Å²) in [7, 11) is 3.48. The first-order chi connectivity index (χ1) is 7.93. The highest BCUT2D eigenvalue weighted by molar-refractivity contribution is 5.76. The number of amides is 2. The quantitative estimate of drug-likeness (QED) is 0.599. The van der Waals surface area contributed by atoms with Gasteiger partial charge in [-0.15, -0.1) is 0 Å². The van der Waals surface area contributed by atoms with Crippen molar-refractivity contribution in [3.8, 4) is 0 Å². The Morgan fingerprint density at radius 3 is 2.24 bits per heavy atom. The van der Waals surface area contributed by atoms with Gasteiger partial charge in [0.2, 0.25) is 11.8 Å². The van der Waals surface area contributed by atoms with Gasteiger partial charge in [-0.3, -0.25) is 9.59 Å². The Morgan fingerprint density at radius 2 is 1.71 bits per heavy atom. The Bertz CT molecular complexity index is 240. The number of hydrogen-bond acceptors (Lipinski definition) is 3. The van der Waals surface area contributed by atoms with Crippen molar-refractivity contribution in [3.05, 3.63) is 0 Å². The zero-order valence-electron chi connectivity index (χ0n) is 11.4. The van der Waals surface area contributed by atoms with E-state index < -0.39 is 0 Å². The van der Waals surface area contributed by atoms with E-state index in [0.29, 0.717) is 31.8 Å². The lowest BCUT2D eigenvalue weighted by Crippen LogP contribution is -2.31. The third-order valence-corrected chi connectivity index (χ3v) is 2.25. The van der Waals surface area contributed by atoms with Gasteiger partial charge >= 0.3 is 0 Å². The van der Waals surface area contributed by atoms with Crippen LogP contribution in [0.3, 0.4) is 0 Å². The highest BCUT2D eigenvalue weighted by Crippen LogP contribution is 1.88. The van der Waals surface area contributed by atoms with E-state index in [1.807, 2.05) is 0 Å². The fraction of sp³-hybridized carbons (Fsp3) is 0.833. The normalized spacial score (nSPS) is 10.4. The molecular weight excluding hydrogens is 218 g/mol. The Balaban J connectivity index is 3.39. The van der Waals surface area contributed by atoms with Crippen LogP contribution in [0.5, 0.6) is 0 Å². The van der Waals surface area contributed by atoms with Crippen molar-refractivity contribution < 1.29 is 9.59 Å². The van der Waals surface area contributed by atoms with Crippen LogP contribution in [0.15, 0.2) is 0 Å². The first kappa shape index (κ1) is 15.9. The molecule has 0 aromatic heterocycles. The van der Waals surface area contributed by atoms with Crippen LogP contribution in [0.2, 0.25) is 0 Å². The highest BCUT2D eigenvalue weighted by atomic mass is 16.2. The van der Waals surface area contributed by atoms with Crippen molar-refractivity contribution in [3.63, 3.8) is 0 Å². The summed E-state index contributed by atoms with van der Waals surface area (Å²) in [6.45, 7) is 6.08. The molecular formula is C12H25N3O2. The maximum absolute atomic E-state index is 11.3. The molecule has 17 heavy (non-hydrogen) atoms. The summed E-state index contributed by atoms with van der Waals surface area (Å²) in [5.41, 5.74) is 0. The third-order valence-electron chi connectivity index (χ3n) is 2.25. The minimum Gasteiger partial charge on any atom is -0.356 e. The lowest BCUT2D eigenvalue weighted by molar-refractivity contribution is -0.128. The lowest BCUT2D eigenvalue weighted by Gasteiger charge is -2.10. The lowest BCUT2D eigenvalue weighted by atomic mass is 10.2. The van der Waals surface area contributed by atoms with Crippen LogP contribution in [0.4, 0.5) is 0 Å². The number of rotatable bonds is 8. The van der Waals surface area contributed by atoms with Crippen molar-refractivity contribution in [2.45, 2.75) is 26.7 Å². The van der Waals surface area contributed by atoms with Gasteiger partial charge in [0.15, 0.2) is 0 Å². The minimum absolute atomic E-state index is 0.0603. The number of hydrogen-bond donors (Lipinski definition) is 2. The molecule has 2 amide bonds. The molecule has 0 aliphatic carbocycles. The van der Waals surface area contributed by atoms with Gasteiger partial charge in [0.25, 0.3) is 0 Å². The molecule has 0 aromatic rings. The summed E-state index contributed by atoms with van der Waals surface area (Å²) in [6.07, 6.45) is 0.934. The number of carbonyl (C=O) groups is 2. The predicted octanol–water partition coefficient (Wildman–Crippen LogP) is 0.217. The second-order valence-electron chi connectivity index (χ2n) is 4.74. The smallest absolute Gasteiger partial charge is 0.223 e. The fourth-order valence-electron chi connectivity index (χ4n) is 1.15. The molecule has 0 bridgehead atoms. The van der Waals surface area contributed by atoms with E-state index in [4.69, 9.17) is 0 Å². The molecule has 2 N–H and O–H groups in total. The summed E-state index contributed by atoms with van der Waals surface area (Å²) in [6, 6.07) is 0. The van der Waals surface area contributed by atoms with Crippen LogP contribution < -0.4 is 10.6 Å². The second kappa shape index (κ2) is 8.98. The average molecular weight is 243 g/mol. The second-order valence-corrected chi connectivity index (χ2v) is 4.74. The summed E-state index contributed by atoms with van der Waals surface area (Å²) >= 11 is 0. The SMILES string of the molecule is CC(C)CNC(=O)CCNCCC(=O)N(C)C. The van der Waals surface area contributed by atoms with E-state index in [1.165, 1.54) is 0 Å². The number of nitrogens with one attached hydrogen (secondary N) is 2. The molecule has 0 spiro atoms. The van der Waals surface area contributed by atoms with Crippen LogP contribution in [0.25, 0.3) is 0 Å². The Morgan fingerprint density at radius 1 is 1.12 bits per heavy atom. The van der Waals surface area contributed by atoms with Gasteiger partial charge in [-0.2, -0.15) is 0 Å². The molecule has 0 aromatic carbocycles. The molecule has 0 fully saturated rings. The van der Waals surface area contributed by atoms with Crippen LogP contribution >= 0.6 is 0 Å². The maximum Gasteiger partial charge on any atom is 0.223 e. The average Bonchev–Trinajstić information content (AvgIpc) is 2.25. The van der Waals surface area contributed by atoms with Crippen LogP contribution in [-0.4, -0.2) is 50.4 Å². The molecule has 0 rings (SSSR count). The van der Waals surface area contributed by atoms with Gasteiger partial charge in [0, 0.05) is 46.6 Å². The van der Waals surface area contributed by atoms with Gasteiger partial charge in [-0.1, -0.05) is 13.8 Å². The largest absolute Gasteiger partial charge is 0.356 e. The molecule has 5 heteroatoms. The van der Waals surface area contributed by atoms with Crippen LogP contribution in [0.1, 0.15) is 26.7 Å². The molecule has 0 saturated carbocycles. The molecule has 5 nitrogen and oxygen atoms in total. The van der Waals surface area contributed by atoms with Crippen molar-refractivity contribution >= 4 is 11.8 Å². The molecule has 0 unspecified atom stereocenters. The molecule has 0 heterocycles. The Hall–Kier alpha value is -1.10. The summed E-state index contributed by atoms with van der Waals surface area (Å²) in [5, 5.41) is 5.93.